The first-order chi connectivity index (χ1) is 10.5. The van der Waals surface area contributed by atoms with E-state index in [1.165, 1.54) is 0 Å². The van der Waals surface area contributed by atoms with Gasteiger partial charge in [-0.15, -0.1) is 0 Å². The molecule has 2 amide bonds. The molecule has 1 aromatic heterocycles. The topological polar surface area (TPSA) is 71.8 Å². The molecule has 1 atom stereocenters. The number of nitrogens with zero attached hydrogens (tertiary/aromatic N) is 3. The first-order valence-corrected chi connectivity index (χ1v) is 7.46. The first-order valence-electron chi connectivity index (χ1n) is 7.46. The highest BCUT2D eigenvalue weighted by molar-refractivity contribution is 5.94. The summed E-state index contributed by atoms with van der Waals surface area (Å²) < 4.78 is 6.58. The average molecular weight is 305 g/mol. The number of hydrogen-bond donors (Lipinski definition) is 0. The van der Waals surface area contributed by atoms with Crippen molar-refractivity contribution < 1.29 is 14.3 Å². The molecule has 0 bridgehead atoms. The summed E-state index contributed by atoms with van der Waals surface area (Å²) in [5.41, 5.74) is 0.767. The molecule has 3 rings (SSSR count). The monoisotopic (exact) mass is 305 g/mol. The second-order valence-electron chi connectivity index (χ2n) is 5.61. The molecule has 0 aliphatic carbocycles. The van der Waals surface area contributed by atoms with Crippen molar-refractivity contribution in [2.75, 3.05) is 26.2 Å². The highest BCUT2D eigenvalue weighted by Crippen LogP contribution is 2.18. The molecule has 0 radical (unpaired) electrons. The Bertz CT molecular complexity index is 682. The number of amides is 2. The number of carbonyl (C=O) groups is 2. The van der Waals surface area contributed by atoms with Crippen molar-refractivity contribution in [1.29, 1.82) is 0 Å². The van der Waals surface area contributed by atoms with Crippen LogP contribution in [0.15, 0.2) is 16.9 Å². The molecule has 2 saturated heterocycles. The molecule has 118 valence electrons. The minimum atomic E-state index is -0.319. The summed E-state index contributed by atoms with van der Waals surface area (Å²) in [5, 5.41) is 0. The highest BCUT2D eigenvalue weighted by atomic mass is 16.6. The van der Waals surface area contributed by atoms with Gasteiger partial charge in [-0.3, -0.25) is 14.5 Å². The van der Waals surface area contributed by atoms with Gasteiger partial charge in [-0.25, -0.2) is 4.79 Å². The van der Waals surface area contributed by atoms with Crippen LogP contribution >= 0.6 is 0 Å². The second-order valence-corrected chi connectivity index (χ2v) is 5.61. The molecule has 7 heteroatoms. The Morgan fingerprint density at radius 3 is 2.82 bits per heavy atom. The van der Waals surface area contributed by atoms with E-state index in [1.54, 1.807) is 26.5 Å². The zero-order valence-electron chi connectivity index (χ0n) is 12.7. The van der Waals surface area contributed by atoms with Crippen molar-refractivity contribution in [3.8, 4) is 0 Å². The average Bonchev–Trinajstić information content (AvgIpc) is 2.88. The summed E-state index contributed by atoms with van der Waals surface area (Å²) in [7, 11) is 0. The van der Waals surface area contributed by atoms with Gasteiger partial charge in [0.25, 0.3) is 11.5 Å². The van der Waals surface area contributed by atoms with Gasteiger partial charge >= 0.3 is 6.09 Å². The predicted octanol–water partition coefficient (Wildman–Crippen LogP) is 0.453. The number of aryl methyl sites for hydroxylation is 1. The second kappa shape index (κ2) is 5.47. The van der Waals surface area contributed by atoms with Gasteiger partial charge in [0.05, 0.1) is 6.04 Å². The summed E-state index contributed by atoms with van der Waals surface area (Å²) in [5.74, 6) is -0.272. The molecule has 2 aliphatic rings. The zero-order chi connectivity index (χ0) is 15.9. The van der Waals surface area contributed by atoms with Crippen LogP contribution in [0.25, 0.3) is 0 Å². The van der Waals surface area contributed by atoms with Gasteiger partial charge in [-0.05, 0) is 26.0 Å². The third kappa shape index (κ3) is 2.26. The Morgan fingerprint density at radius 1 is 1.32 bits per heavy atom. The SMILES string of the molecule is CCn1c(C)ccc(C(=O)N2CCN3C(=O)OCC3C2)c1=O. The van der Waals surface area contributed by atoms with Crippen LogP contribution in [0.2, 0.25) is 0 Å². The fraction of sp³-hybridized carbons (Fsp3) is 0.533. The fourth-order valence-electron chi connectivity index (χ4n) is 3.07. The van der Waals surface area contributed by atoms with Crippen LogP contribution < -0.4 is 5.56 Å². The maximum Gasteiger partial charge on any atom is 0.410 e. The molecule has 22 heavy (non-hydrogen) atoms. The third-order valence-corrected chi connectivity index (χ3v) is 4.34. The van der Waals surface area contributed by atoms with E-state index in [0.717, 1.165) is 5.69 Å². The highest BCUT2D eigenvalue weighted by Gasteiger charge is 2.39. The van der Waals surface area contributed by atoms with E-state index in [1.807, 2.05) is 13.8 Å². The van der Waals surface area contributed by atoms with E-state index in [4.69, 9.17) is 4.74 Å². The lowest BCUT2D eigenvalue weighted by molar-refractivity contribution is 0.0614. The number of cyclic esters (lactones) is 1. The number of carbonyl (C=O) groups excluding carboxylic acids is 2. The molecule has 0 spiro atoms. The number of rotatable bonds is 2. The van der Waals surface area contributed by atoms with E-state index < -0.39 is 0 Å². The van der Waals surface area contributed by atoms with Gasteiger partial charge in [0, 0.05) is 31.9 Å². The number of aromatic nitrogens is 1. The van der Waals surface area contributed by atoms with Crippen LogP contribution in [0.1, 0.15) is 23.0 Å². The molecule has 0 saturated carbocycles. The summed E-state index contributed by atoms with van der Waals surface area (Å²) in [4.78, 5) is 39.8. The van der Waals surface area contributed by atoms with Crippen LogP contribution in [0, 0.1) is 6.92 Å². The minimum Gasteiger partial charge on any atom is -0.447 e. The van der Waals surface area contributed by atoms with E-state index >= 15 is 0 Å². The molecule has 0 aromatic carbocycles. The van der Waals surface area contributed by atoms with Crippen molar-refractivity contribution in [3.63, 3.8) is 0 Å². The van der Waals surface area contributed by atoms with E-state index in [9.17, 15) is 14.4 Å². The molecule has 1 unspecified atom stereocenters. The lowest BCUT2D eigenvalue weighted by Gasteiger charge is -2.35. The van der Waals surface area contributed by atoms with Gasteiger partial charge < -0.3 is 14.2 Å². The molecule has 2 aliphatic heterocycles. The molecule has 7 nitrogen and oxygen atoms in total. The Kier molecular flexibility index (Phi) is 3.64. The number of hydrogen-bond acceptors (Lipinski definition) is 4. The molecule has 2 fully saturated rings. The van der Waals surface area contributed by atoms with Crippen molar-refractivity contribution >= 4 is 12.0 Å². The Morgan fingerprint density at radius 2 is 2.09 bits per heavy atom. The fourth-order valence-corrected chi connectivity index (χ4v) is 3.07. The Hall–Kier alpha value is -2.31. The van der Waals surface area contributed by atoms with Gasteiger partial charge in [-0.2, -0.15) is 0 Å². The predicted molar refractivity (Wildman–Crippen MR) is 78.9 cm³/mol. The maximum absolute atomic E-state index is 12.6. The summed E-state index contributed by atoms with van der Waals surface area (Å²) >= 11 is 0. The van der Waals surface area contributed by atoms with Crippen molar-refractivity contribution in [2.45, 2.75) is 26.4 Å². The van der Waals surface area contributed by atoms with Crippen LogP contribution in [-0.2, 0) is 11.3 Å². The summed E-state index contributed by atoms with van der Waals surface area (Å²) in [6.45, 7) is 5.83. The normalized spacial score (nSPS) is 20.8. The minimum absolute atomic E-state index is 0.107. The van der Waals surface area contributed by atoms with E-state index in [0.29, 0.717) is 32.8 Å². The van der Waals surface area contributed by atoms with Crippen LogP contribution in [-0.4, -0.2) is 58.7 Å². The van der Waals surface area contributed by atoms with Crippen molar-refractivity contribution in [2.24, 2.45) is 0 Å². The smallest absolute Gasteiger partial charge is 0.410 e. The Balaban J connectivity index is 1.83. The van der Waals surface area contributed by atoms with Crippen LogP contribution in [0.5, 0.6) is 0 Å². The zero-order valence-corrected chi connectivity index (χ0v) is 12.7. The van der Waals surface area contributed by atoms with Crippen LogP contribution in [0.3, 0.4) is 0 Å². The van der Waals surface area contributed by atoms with Crippen molar-refractivity contribution in [1.82, 2.24) is 14.4 Å². The summed E-state index contributed by atoms with van der Waals surface area (Å²) in [6.07, 6.45) is -0.319. The first kappa shape index (κ1) is 14.6. The maximum atomic E-state index is 12.6. The summed E-state index contributed by atoms with van der Waals surface area (Å²) in [6, 6.07) is 3.27. The number of piperazine rings is 1. The molecule has 0 N–H and O–H groups in total. The lowest BCUT2D eigenvalue weighted by atomic mass is 10.1. The van der Waals surface area contributed by atoms with Crippen molar-refractivity contribution in [3.05, 3.63) is 33.7 Å². The third-order valence-electron chi connectivity index (χ3n) is 4.34. The lowest BCUT2D eigenvalue weighted by Crippen LogP contribution is -2.54. The van der Waals surface area contributed by atoms with Gasteiger partial charge in [0.1, 0.15) is 12.2 Å². The largest absolute Gasteiger partial charge is 0.447 e. The van der Waals surface area contributed by atoms with Gasteiger partial charge in [0.15, 0.2) is 0 Å². The molecular weight excluding hydrogens is 286 g/mol. The van der Waals surface area contributed by atoms with E-state index in [-0.39, 0.29) is 29.2 Å². The van der Waals surface area contributed by atoms with Crippen LogP contribution in [0.4, 0.5) is 4.79 Å². The van der Waals surface area contributed by atoms with Gasteiger partial charge in [-0.1, -0.05) is 0 Å². The standard InChI is InChI=1S/C15H19N3O4/c1-3-17-10(2)4-5-12(14(17)20)13(19)16-6-7-18-11(8-16)9-22-15(18)21/h4-5,11H,3,6-9H2,1-2H3. The molecular formula is C15H19N3O4. The number of ether oxygens (including phenoxy) is 1. The Labute approximate surface area is 128 Å². The number of pyridine rings is 1. The van der Waals surface area contributed by atoms with Gasteiger partial charge in [0.2, 0.25) is 0 Å². The quantitative estimate of drug-likeness (QED) is 0.795. The molecule has 3 heterocycles. The molecule has 1 aromatic rings. The number of fused-ring (bicyclic) bond motifs is 1. The van der Waals surface area contributed by atoms with E-state index in [2.05, 4.69) is 0 Å².